The number of phenols is 1. The van der Waals surface area contributed by atoms with Crippen molar-refractivity contribution in [3.8, 4) is 11.5 Å². The van der Waals surface area contributed by atoms with Crippen molar-refractivity contribution in [2.45, 2.75) is 13.0 Å². The zero-order valence-corrected chi connectivity index (χ0v) is 12.0. The number of phenolic OH excluding ortho intramolecular Hbond substituents is 1. The molecule has 1 amide bonds. The van der Waals surface area contributed by atoms with Gasteiger partial charge < -0.3 is 15.2 Å². The van der Waals surface area contributed by atoms with Gasteiger partial charge in [-0.25, -0.2) is 0 Å². The Hall–Kier alpha value is -2.34. The number of amides is 1. The molecule has 22 heavy (non-hydrogen) atoms. The fourth-order valence-corrected chi connectivity index (χ4v) is 1.95. The minimum absolute atomic E-state index is 0.0148. The molecule has 0 spiro atoms. The van der Waals surface area contributed by atoms with Crippen LogP contribution in [0.5, 0.6) is 11.5 Å². The van der Waals surface area contributed by atoms with Crippen LogP contribution in [-0.2, 0) is 11.2 Å². The predicted octanol–water partition coefficient (Wildman–Crippen LogP) is 3.83. The van der Waals surface area contributed by atoms with Crippen molar-refractivity contribution in [2.24, 2.45) is 0 Å². The zero-order valence-electron chi connectivity index (χ0n) is 11.2. The Kier molecular flexibility index (Phi) is 5.16. The summed E-state index contributed by atoms with van der Waals surface area (Å²) < 4.78 is 28.3. The van der Waals surface area contributed by atoms with Crippen molar-refractivity contribution in [1.29, 1.82) is 0 Å². The minimum Gasteiger partial charge on any atom is -0.506 e. The lowest BCUT2D eigenvalue weighted by Gasteiger charge is -2.08. The van der Waals surface area contributed by atoms with Gasteiger partial charge in [-0.15, -0.1) is 0 Å². The van der Waals surface area contributed by atoms with Gasteiger partial charge in [0.1, 0.15) is 11.5 Å². The summed E-state index contributed by atoms with van der Waals surface area (Å²) in [5.74, 6) is -0.454. The van der Waals surface area contributed by atoms with E-state index < -0.39 is 6.61 Å². The molecule has 2 aromatic carbocycles. The number of carbonyl (C=O) groups excluding carboxylic acids is 1. The van der Waals surface area contributed by atoms with Crippen LogP contribution < -0.4 is 10.1 Å². The molecule has 0 radical (unpaired) electrons. The molecule has 0 aliphatic carbocycles. The highest BCUT2D eigenvalue weighted by Gasteiger charge is 2.09. The summed E-state index contributed by atoms with van der Waals surface area (Å²) in [5.41, 5.74) is 0.816. The molecule has 0 aliphatic heterocycles. The van der Waals surface area contributed by atoms with Crippen molar-refractivity contribution < 1.29 is 23.4 Å². The Morgan fingerprint density at radius 2 is 1.91 bits per heavy atom. The van der Waals surface area contributed by atoms with Gasteiger partial charge in [-0.3, -0.25) is 4.79 Å². The van der Waals surface area contributed by atoms with Crippen LogP contribution in [-0.4, -0.2) is 17.6 Å². The van der Waals surface area contributed by atoms with Crippen LogP contribution in [0.1, 0.15) is 5.56 Å². The summed E-state index contributed by atoms with van der Waals surface area (Å²) in [6, 6.07) is 10.0. The van der Waals surface area contributed by atoms with Crippen LogP contribution in [0.3, 0.4) is 0 Å². The third-order valence-corrected chi connectivity index (χ3v) is 2.98. The summed E-state index contributed by atoms with van der Waals surface area (Å²) in [6.07, 6.45) is 0.0148. The van der Waals surface area contributed by atoms with Crippen molar-refractivity contribution in [1.82, 2.24) is 0 Å². The maximum atomic E-state index is 12.0. The zero-order chi connectivity index (χ0) is 16.1. The predicted molar refractivity (Wildman–Crippen MR) is 78.5 cm³/mol. The Morgan fingerprint density at radius 3 is 2.55 bits per heavy atom. The number of rotatable bonds is 5. The van der Waals surface area contributed by atoms with Crippen LogP contribution in [0.4, 0.5) is 14.5 Å². The highest BCUT2D eigenvalue weighted by Crippen LogP contribution is 2.26. The third kappa shape index (κ3) is 4.60. The van der Waals surface area contributed by atoms with E-state index in [4.69, 9.17) is 11.6 Å². The van der Waals surface area contributed by atoms with E-state index in [1.165, 1.54) is 42.5 Å². The summed E-state index contributed by atoms with van der Waals surface area (Å²) >= 11 is 5.78. The fraction of sp³-hybridized carbons (Fsp3) is 0.133. The number of nitrogens with one attached hydrogen (secondary N) is 1. The molecule has 0 aromatic heterocycles. The number of hydrogen-bond acceptors (Lipinski definition) is 3. The Bertz CT molecular complexity index is 662. The van der Waals surface area contributed by atoms with E-state index in [9.17, 15) is 18.7 Å². The van der Waals surface area contributed by atoms with Crippen molar-refractivity contribution >= 4 is 23.2 Å². The number of anilines is 1. The Morgan fingerprint density at radius 1 is 1.23 bits per heavy atom. The summed E-state index contributed by atoms with van der Waals surface area (Å²) in [5, 5.41) is 12.5. The summed E-state index contributed by atoms with van der Waals surface area (Å²) in [7, 11) is 0. The second kappa shape index (κ2) is 7.09. The standard InChI is InChI=1S/C15H12ClF2NO3/c16-10-3-6-13(20)12(8-10)19-14(21)7-9-1-4-11(5-2-9)22-15(17)18/h1-6,8,15,20H,7H2,(H,19,21). The first-order chi connectivity index (χ1) is 10.4. The van der Waals surface area contributed by atoms with E-state index in [1.807, 2.05) is 0 Å². The van der Waals surface area contributed by atoms with Crippen molar-refractivity contribution in [3.63, 3.8) is 0 Å². The number of halogens is 3. The van der Waals surface area contributed by atoms with Gasteiger partial charge in [0.15, 0.2) is 0 Å². The monoisotopic (exact) mass is 327 g/mol. The van der Waals surface area contributed by atoms with Crippen LogP contribution in [0.2, 0.25) is 5.02 Å². The van der Waals surface area contributed by atoms with E-state index in [1.54, 1.807) is 0 Å². The number of alkyl halides is 2. The number of hydrogen-bond donors (Lipinski definition) is 2. The van der Waals surface area contributed by atoms with Gasteiger partial charge in [-0.1, -0.05) is 23.7 Å². The largest absolute Gasteiger partial charge is 0.506 e. The molecule has 2 aromatic rings. The topological polar surface area (TPSA) is 58.6 Å². The summed E-state index contributed by atoms with van der Waals surface area (Å²) in [6.45, 7) is -2.89. The molecule has 116 valence electrons. The molecule has 2 N–H and O–H groups in total. The maximum absolute atomic E-state index is 12.0. The lowest BCUT2D eigenvalue weighted by Crippen LogP contribution is -2.14. The molecule has 0 bridgehead atoms. The van der Waals surface area contributed by atoms with Gasteiger partial charge in [-0.2, -0.15) is 8.78 Å². The molecular weight excluding hydrogens is 316 g/mol. The first-order valence-corrected chi connectivity index (χ1v) is 6.64. The third-order valence-electron chi connectivity index (χ3n) is 2.75. The number of benzene rings is 2. The van der Waals surface area contributed by atoms with Gasteiger partial charge in [0.25, 0.3) is 0 Å². The average molecular weight is 328 g/mol. The van der Waals surface area contributed by atoms with Crippen LogP contribution >= 0.6 is 11.6 Å². The van der Waals surface area contributed by atoms with Gasteiger partial charge in [0.05, 0.1) is 12.1 Å². The van der Waals surface area contributed by atoms with Gasteiger partial charge in [-0.05, 0) is 35.9 Å². The smallest absolute Gasteiger partial charge is 0.387 e. The van der Waals surface area contributed by atoms with Gasteiger partial charge >= 0.3 is 6.61 Å². The Labute approximate surface area is 130 Å². The molecule has 0 saturated heterocycles. The molecule has 0 fully saturated rings. The molecule has 0 saturated carbocycles. The summed E-state index contributed by atoms with van der Waals surface area (Å²) in [4.78, 5) is 11.9. The fourth-order valence-electron chi connectivity index (χ4n) is 1.78. The second-order valence-electron chi connectivity index (χ2n) is 4.41. The molecule has 7 heteroatoms. The van der Waals surface area contributed by atoms with Crippen molar-refractivity contribution in [2.75, 3.05) is 5.32 Å². The SMILES string of the molecule is O=C(Cc1ccc(OC(F)F)cc1)Nc1cc(Cl)ccc1O. The molecular formula is C15H12ClF2NO3. The highest BCUT2D eigenvalue weighted by atomic mass is 35.5. The number of ether oxygens (including phenoxy) is 1. The first kappa shape index (κ1) is 16.0. The average Bonchev–Trinajstić information content (AvgIpc) is 2.44. The number of carbonyl (C=O) groups is 1. The Balaban J connectivity index is 1.98. The molecule has 0 heterocycles. The van der Waals surface area contributed by atoms with Crippen LogP contribution in [0.15, 0.2) is 42.5 Å². The maximum Gasteiger partial charge on any atom is 0.387 e. The number of aromatic hydroxyl groups is 1. The lowest BCUT2D eigenvalue weighted by atomic mass is 10.1. The van der Waals surface area contributed by atoms with Gasteiger partial charge in [0, 0.05) is 5.02 Å². The van der Waals surface area contributed by atoms with Crippen LogP contribution in [0, 0.1) is 0 Å². The lowest BCUT2D eigenvalue weighted by molar-refractivity contribution is -0.115. The molecule has 0 unspecified atom stereocenters. The van der Waals surface area contributed by atoms with E-state index in [2.05, 4.69) is 10.1 Å². The van der Waals surface area contributed by atoms with E-state index in [0.717, 1.165) is 0 Å². The van der Waals surface area contributed by atoms with E-state index in [0.29, 0.717) is 10.6 Å². The van der Waals surface area contributed by atoms with E-state index in [-0.39, 0.29) is 29.5 Å². The molecule has 2 rings (SSSR count). The van der Waals surface area contributed by atoms with Crippen molar-refractivity contribution in [3.05, 3.63) is 53.1 Å². The molecule has 0 atom stereocenters. The molecule has 0 aliphatic rings. The minimum atomic E-state index is -2.89. The van der Waals surface area contributed by atoms with E-state index >= 15 is 0 Å². The molecule has 4 nitrogen and oxygen atoms in total. The first-order valence-electron chi connectivity index (χ1n) is 6.26. The second-order valence-corrected chi connectivity index (χ2v) is 4.85. The van der Waals surface area contributed by atoms with Crippen LogP contribution in [0.25, 0.3) is 0 Å². The highest BCUT2D eigenvalue weighted by molar-refractivity contribution is 6.31. The quantitative estimate of drug-likeness (QED) is 0.821. The normalized spacial score (nSPS) is 10.5. The van der Waals surface area contributed by atoms with Gasteiger partial charge in [0.2, 0.25) is 5.91 Å².